The molecule has 0 unspecified atom stereocenters. The Bertz CT molecular complexity index is 2210. The van der Waals surface area contributed by atoms with E-state index in [9.17, 15) is 0 Å². The standard InChI is InChI=1S/C37H23N3O/c1-2-11-25(12-3-1)35-38-36(40-37(39-35)32-18-9-13-24-10-4-5-16-29(24)32)28-15-8-14-26(22-28)27-20-21-31-30-17-6-7-19-33(30)41-34(31)23-27/h1-23H. The lowest BCUT2D eigenvalue weighted by molar-refractivity contribution is 0.669. The van der Waals surface area contributed by atoms with Crippen molar-refractivity contribution in [2.45, 2.75) is 0 Å². The molecule has 0 saturated heterocycles. The molecule has 0 atom stereocenters. The van der Waals surface area contributed by atoms with E-state index in [0.717, 1.165) is 60.5 Å². The van der Waals surface area contributed by atoms with Crippen LogP contribution < -0.4 is 0 Å². The summed E-state index contributed by atoms with van der Waals surface area (Å²) >= 11 is 0. The van der Waals surface area contributed by atoms with Gasteiger partial charge in [-0.15, -0.1) is 0 Å². The second-order valence-corrected chi connectivity index (χ2v) is 10.1. The van der Waals surface area contributed by atoms with E-state index in [1.54, 1.807) is 0 Å². The summed E-state index contributed by atoms with van der Waals surface area (Å²) in [4.78, 5) is 14.9. The molecule has 0 spiro atoms. The van der Waals surface area contributed by atoms with Gasteiger partial charge in [-0.3, -0.25) is 0 Å². The van der Waals surface area contributed by atoms with Crippen LogP contribution in [0, 0.1) is 0 Å². The lowest BCUT2D eigenvalue weighted by Gasteiger charge is -2.11. The van der Waals surface area contributed by atoms with Gasteiger partial charge < -0.3 is 4.42 Å². The number of hydrogen-bond donors (Lipinski definition) is 0. The van der Waals surface area contributed by atoms with Gasteiger partial charge in [0.1, 0.15) is 11.2 Å². The number of hydrogen-bond acceptors (Lipinski definition) is 4. The lowest BCUT2D eigenvalue weighted by atomic mass is 10.0. The van der Waals surface area contributed by atoms with Crippen LogP contribution in [-0.4, -0.2) is 15.0 Å². The molecule has 8 aromatic rings. The van der Waals surface area contributed by atoms with Gasteiger partial charge in [0.25, 0.3) is 0 Å². The van der Waals surface area contributed by atoms with Gasteiger partial charge in [-0.05, 0) is 46.2 Å². The molecule has 6 aromatic carbocycles. The van der Waals surface area contributed by atoms with E-state index in [1.807, 2.05) is 54.6 Å². The SMILES string of the molecule is c1ccc(-c2nc(-c3cccc(-c4ccc5c(c4)oc4ccccc45)c3)nc(-c3cccc4ccccc34)n2)cc1. The Kier molecular flexibility index (Phi) is 5.42. The predicted octanol–water partition coefficient (Wildman–Crippen LogP) is 9.59. The third-order valence-electron chi connectivity index (χ3n) is 7.53. The first kappa shape index (κ1) is 23.3. The minimum Gasteiger partial charge on any atom is -0.456 e. The normalized spacial score (nSPS) is 11.4. The topological polar surface area (TPSA) is 51.8 Å². The Morgan fingerprint density at radius 1 is 0.366 bits per heavy atom. The molecule has 192 valence electrons. The predicted molar refractivity (Wildman–Crippen MR) is 166 cm³/mol. The van der Waals surface area contributed by atoms with Gasteiger partial charge in [0, 0.05) is 27.5 Å². The summed E-state index contributed by atoms with van der Waals surface area (Å²) in [5.41, 5.74) is 6.77. The van der Waals surface area contributed by atoms with Crippen LogP contribution >= 0.6 is 0 Å². The molecule has 0 saturated carbocycles. The number of aromatic nitrogens is 3. The van der Waals surface area contributed by atoms with Crippen LogP contribution in [0.2, 0.25) is 0 Å². The fourth-order valence-corrected chi connectivity index (χ4v) is 5.51. The largest absolute Gasteiger partial charge is 0.456 e. The van der Waals surface area contributed by atoms with Crippen LogP contribution in [-0.2, 0) is 0 Å². The van der Waals surface area contributed by atoms with Crippen molar-refractivity contribution in [2.75, 3.05) is 0 Å². The number of rotatable bonds is 4. The highest BCUT2D eigenvalue weighted by Crippen LogP contribution is 2.34. The van der Waals surface area contributed by atoms with E-state index < -0.39 is 0 Å². The summed E-state index contributed by atoms with van der Waals surface area (Å²) in [6.45, 7) is 0. The zero-order chi connectivity index (χ0) is 27.2. The third-order valence-corrected chi connectivity index (χ3v) is 7.53. The van der Waals surface area contributed by atoms with Crippen LogP contribution in [0.3, 0.4) is 0 Å². The van der Waals surface area contributed by atoms with Gasteiger partial charge >= 0.3 is 0 Å². The second kappa shape index (κ2) is 9.54. The van der Waals surface area contributed by atoms with E-state index in [4.69, 9.17) is 19.4 Å². The van der Waals surface area contributed by atoms with Gasteiger partial charge in [-0.25, -0.2) is 15.0 Å². The van der Waals surface area contributed by atoms with Crippen LogP contribution in [0.4, 0.5) is 0 Å². The molecule has 8 rings (SSSR count). The monoisotopic (exact) mass is 525 g/mol. The molecule has 4 nitrogen and oxygen atoms in total. The fourth-order valence-electron chi connectivity index (χ4n) is 5.51. The minimum absolute atomic E-state index is 0.633. The van der Waals surface area contributed by atoms with E-state index in [2.05, 4.69) is 84.9 Å². The second-order valence-electron chi connectivity index (χ2n) is 10.1. The van der Waals surface area contributed by atoms with Crippen molar-refractivity contribution in [3.63, 3.8) is 0 Å². The van der Waals surface area contributed by atoms with Crippen LogP contribution in [0.1, 0.15) is 0 Å². The average molecular weight is 526 g/mol. The molecule has 0 N–H and O–H groups in total. The molecule has 0 aliphatic heterocycles. The van der Waals surface area contributed by atoms with Crippen molar-refractivity contribution in [3.8, 4) is 45.3 Å². The van der Waals surface area contributed by atoms with E-state index >= 15 is 0 Å². The van der Waals surface area contributed by atoms with Gasteiger partial charge in [-0.1, -0.05) is 115 Å². The van der Waals surface area contributed by atoms with Crippen molar-refractivity contribution in [3.05, 3.63) is 140 Å². The van der Waals surface area contributed by atoms with Crippen molar-refractivity contribution in [1.29, 1.82) is 0 Å². The van der Waals surface area contributed by atoms with Gasteiger partial charge in [-0.2, -0.15) is 0 Å². The molecule has 0 bridgehead atoms. The first-order valence-electron chi connectivity index (χ1n) is 13.6. The average Bonchev–Trinajstić information content (AvgIpc) is 3.43. The maximum Gasteiger partial charge on any atom is 0.164 e. The molecule has 2 aromatic heterocycles. The van der Waals surface area contributed by atoms with Crippen molar-refractivity contribution in [2.24, 2.45) is 0 Å². The summed E-state index contributed by atoms with van der Waals surface area (Å²) in [6.07, 6.45) is 0. The first-order chi connectivity index (χ1) is 20.3. The van der Waals surface area contributed by atoms with Crippen LogP contribution in [0.5, 0.6) is 0 Å². The molecule has 2 heterocycles. The molecule has 41 heavy (non-hydrogen) atoms. The number of fused-ring (bicyclic) bond motifs is 4. The molecule has 0 radical (unpaired) electrons. The van der Waals surface area contributed by atoms with Gasteiger partial charge in [0.05, 0.1) is 0 Å². The Balaban J connectivity index is 1.28. The van der Waals surface area contributed by atoms with Gasteiger partial charge in [0.15, 0.2) is 17.5 Å². The highest BCUT2D eigenvalue weighted by atomic mass is 16.3. The summed E-state index contributed by atoms with van der Waals surface area (Å²) < 4.78 is 6.16. The number of benzene rings is 6. The Hall–Kier alpha value is -5.61. The Labute approximate surface area is 236 Å². The Morgan fingerprint density at radius 3 is 1.88 bits per heavy atom. The zero-order valence-electron chi connectivity index (χ0n) is 22.0. The van der Waals surface area contributed by atoms with E-state index in [0.29, 0.717) is 17.5 Å². The highest BCUT2D eigenvalue weighted by Gasteiger charge is 2.15. The summed E-state index contributed by atoms with van der Waals surface area (Å²) in [7, 11) is 0. The van der Waals surface area contributed by atoms with Crippen molar-refractivity contribution in [1.82, 2.24) is 15.0 Å². The molecule has 0 aliphatic rings. The maximum absolute atomic E-state index is 6.16. The number of furan rings is 1. The quantitative estimate of drug-likeness (QED) is 0.230. The zero-order valence-corrected chi connectivity index (χ0v) is 22.0. The summed E-state index contributed by atoms with van der Waals surface area (Å²) in [6, 6.07) is 47.5. The molecule has 0 fully saturated rings. The molecular formula is C37H23N3O. The van der Waals surface area contributed by atoms with Crippen molar-refractivity contribution < 1.29 is 4.42 Å². The van der Waals surface area contributed by atoms with Crippen LogP contribution in [0.15, 0.2) is 144 Å². The number of para-hydroxylation sites is 1. The summed E-state index contributed by atoms with van der Waals surface area (Å²) in [5, 5.41) is 4.50. The Morgan fingerprint density at radius 2 is 0.976 bits per heavy atom. The third kappa shape index (κ3) is 4.14. The van der Waals surface area contributed by atoms with Gasteiger partial charge in [0.2, 0.25) is 0 Å². The maximum atomic E-state index is 6.16. The molecule has 4 heteroatoms. The number of nitrogens with zero attached hydrogens (tertiary/aromatic N) is 3. The summed E-state index contributed by atoms with van der Waals surface area (Å²) in [5.74, 6) is 1.93. The minimum atomic E-state index is 0.633. The lowest BCUT2D eigenvalue weighted by Crippen LogP contribution is -2.00. The smallest absolute Gasteiger partial charge is 0.164 e. The molecule has 0 amide bonds. The molecule has 0 aliphatic carbocycles. The highest BCUT2D eigenvalue weighted by molar-refractivity contribution is 6.06. The van der Waals surface area contributed by atoms with Crippen molar-refractivity contribution >= 4 is 32.7 Å². The van der Waals surface area contributed by atoms with E-state index in [1.165, 1.54) is 0 Å². The first-order valence-corrected chi connectivity index (χ1v) is 13.6. The molecular weight excluding hydrogens is 502 g/mol. The fraction of sp³-hybridized carbons (Fsp3) is 0. The van der Waals surface area contributed by atoms with E-state index in [-0.39, 0.29) is 0 Å². The van der Waals surface area contributed by atoms with Crippen LogP contribution in [0.25, 0.3) is 78.0 Å².